The first-order chi connectivity index (χ1) is 11.8. The average molecular weight is 591 g/mol. The quantitative estimate of drug-likeness (QED) is 0.106. The van der Waals surface area contributed by atoms with E-state index < -0.39 is 74.0 Å². The molecule has 27 heavy (non-hydrogen) atoms. The number of aliphatic hydroxyl groups excluding tert-OH is 10. The number of hydrogen-bond acceptors (Lipinski definition) is 14. The molecule has 0 fully saturated rings. The van der Waals surface area contributed by atoms with Crippen molar-refractivity contribution >= 4 is 11.9 Å². The van der Waals surface area contributed by atoms with Crippen molar-refractivity contribution in [3.05, 3.63) is 0 Å². The third-order valence-electron chi connectivity index (χ3n) is 2.99. The van der Waals surface area contributed by atoms with Gasteiger partial charge in [0.2, 0.25) is 0 Å². The van der Waals surface area contributed by atoms with Crippen molar-refractivity contribution in [3.63, 3.8) is 0 Å². The second kappa shape index (κ2) is 15.4. The van der Waals surface area contributed by atoms with Gasteiger partial charge in [-0.05, 0) is 0 Å². The molecule has 156 valence electrons. The van der Waals surface area contributed by atoms with E-state index in [0.29, 0.717) is 0 Å². The molecule has 0 aromatic carbocycles. The molecule has 0 unspecified atom stereocenters. The predicted octanol–water partition coefficient (Wildman–Crippen LogP) is -9.66. The van der Waals surface area contributed by atoms with Gasteiger partial charge in [0.05, 0.1) is 25.2 Å². The fourth-order valence-electron chi connectivity index (χ4n) is 1.32. The summed E-state index contributed by atoms with van der Waals surface area (Å²) in [6.07, 6.45) is -16.2. The van der Waals surface area contributed by atoms with Crippen LogP contribution in [0.15, 0.2) is 0 Å². The van der Waals surface area contributed by atoms with E-state index in [1.165, 1.54) is 0 Å². The molecule has 0 aromatic rings. The van der Waals surface area contributed by atoms with Gasteiger partial charge in [0.25, 0.3) is 0 Å². The maximum Gasteiger partial charge on any atom is 2.00 e. The molecule has 0 saturated heterocycles. The van der Waals surface area contributed by atoms with E-state index in [2.05, 4.69) is 0 Å². The third-order valence-corrected chi connectivity index (χ3v) is 2.99. The van der Waals surface area contributed by atoms with Crippen molar-refractivity contribution in [1.29, 1.82) is 0 Å². The summed E-state index contributed by atoms with van der Waals surface area (Å²) >= 11 is 0. The summed E-state index contributed by atoms with van der Waals surface area (Å²) in [5.74, 6) is -3.95. The van der Waals surface area contributed by atoms with E-state index in [1.54, 1.807) is 0 Å². The molecule has 10 N–H and O–H groups in total. The maximum atomic E-state index is 9.98. The Morgan fingerprint density at radius 1 is 0.593 bits per heavy atom. The van der Waals surface area contributed by atoms with Gasteiger partial charge in [0.1, 0.15) is 48.8 Å². The van der Waals surface area contributed by atoms with Crippen LogP contribution in [0.3, 0.4) is 0 Å². The summed E-state index contributed by atoms with van der Waals surface area (Å²) in [6, 6.07) is 0. The van der Waals surface area contributed by atoms with Gasteiger partial charge in [0, 0.05) is 0 Å². The minimum Gasteiger partial charge on any atom is -0.547 e. The molecule has 0 rings (SSSR count). The van der Waals surface area contributed by atoms with E-state index in [1.807, 2.05) is 0 Å². The van der Waals surface area contributed by atoms with Crippen LogP contribution in [0.5, 0.6) is 0 Å². The van der Waals surface area contributed by atoms with Crippen molar-refractivity contribution in [1.82, 2.24) is 0 Å². The third kappa shape index (κ3) is 11.2. The molecule has 8 atom stereocenters. The molecule has 0 spiro atoms. The Morgan fingerprint density at radius 3 is 0.963 bits per heavy atom. The van der Waals surface area contributed by atoms with E-state index >= 15 is 0 Å². The molecule has 0 aliphatic carbocycles. The second-order valence-corrected chi connectivity index (χ2v) is 4.99. The topological polar surface area (TPSA) is 283 Å². The Bertz CT molecular complexity index is 385. The molecule has 0 amide bonds. The van der Waals surface area contributed by atoms with Crippen LogP contribution >= 0.6 is 0 Å². The Kier molecular flexibility index (Phi) is 17.8. The van der Waals surface area contributed by atoms with Gasteiger partial charge in [-0.3, -0.25) is 0 Å². The molecule has 0 saturated carbocycles. The van der Waals surface area contributed by atoms with Crippen LogP contribution in [0, 0.1) is 0 Å². The molecule has 0 aliphatic heterocycles. The molecular formula is C12H22HgO14. The zero-order valence-corrected chi connectivity index (χ0v) is 19.3. The monoisotopic (exact) mass is 592 g/mol. The Balaban J connectivity index is -0.000000411. The molecule has 15 heteroatoms. The first kappa shape index (κ1) is 31.2. The van der Waals surface area contributed by atoms with Crippen molar-refractivity contribution < 1.29 is 98.5 Å². The van der Waals surface area contributed by atoms with Crippen LogP contribution in [-0.4, -0.2) is 125 Å². The van der Waals surface area contributed by atoms with E-state index in [4.69, 9.17) is 51.1 Å². The summed E-state index contributed by atoms with van der Waals surface area (Å²) in [5, 5.41) is 107. The van der Waals surface area contributed by atoms with Crippen LogP contribution in [0.25, 0.3) is 0 Å². The van der Waals surface area contributed by atoms with Gasteiger partial charge in [0.15, 0.2) is 0 Å². The largest absolute Gasteiger partial charge is 2.00 e. The predicted molar refractivity (Wildman–Crippen MR) is 72.2 cm³/mol. The molecule has 0 bridgehead atoms. The number of aliphatic hydroxyl groups is 10. The Labute approximate surface area is 172 Å². The van der Waals surface area contributed by atoms with Gasteiger partial charge in [-0.15, -0.1) is 0 Å². The number of aliphatic carboxylic acids is 2. The van der Waals surface area contributed by atoms with Gasteiger partial charge >= 0.3 is 27.7 Å². The first-order valence-corrected chi connectivity index (χ1v) is 6.91. The molecule has 0 radical (unpaired) electrons. The number of carbonyl (C=O) groups excluding carboxylic acids is 2. The normalized spacial score (nSPS) is 19.6. The smallest absolute Gasteiger partial charge is 0.547 e. The molecule has 0 aromatic heterocycles. The second-order valence-electron chi connectivity index (χ2n) is 4.99. The number of hydrogen-bond donors (Lipinski definition) is 10. The zero-order valence-electron chi connectivity index (χ0n) is 13.8. The summed E-state index contributed by atoms with van der Waals surface area (Å²) in [4.78, 5) is 20.0. The fraction of sp³-hybridized carbons (Fsp3) is 0.833. The minimum atomic E-state index is -2.31. The van der Waals surface area contributed by atoms with Crippen molar-refractivity contribution in [2.24, 2.45) is 0 Å². The van der Waals surface area contributed by atoms with Gasteiger partial charge in [-0.1, -0.05) is 0 Å². The van der Waals surface area contributed by atoms with Crippen LogP contribution in [-0.2, 0) is 37.3 Å². The minimum absolute atomic E-state index is 0. The summed E-state index contributed by atoms with van der Waals surface area (Å²) in [5.41, 5.74) is 0. The first-order valence-electron chi connectivity index (χ1n) is 6.91. The summed E-state index contributed by atoms with van der Waals surface area (Å²) < 4.78 is 0. The van der Waals surface area contributed by atoms with Crippen LogP contribution < -0.4 is 10.2 Å². The number of carboxylic acids is 2. The standard InChI is InChI=1S/2C6H12O7.Hg/c2*7-1-2(8)3(9)4(10)5(11)6(12)13;/h2*2-5,7-11H,1H2,(H,12,13);/q;;+2/p-2/t2*2-,3-,4+,5-;/m11./s1. The van der Waals surface area contributed by atoms with Gasteiger partial charge in [-0.2, -0.15) is 0 Å². The number of carboxylic acid groups (broad SMARTS) is 2. The van der Waals surface area contributed by atoms with E-state index in [-0.39, 0.29) is 27.7 Å². The average Bonchev–Trinajstić information content (AvgIpc) is 2.62. The van der Waals surface area contributed by atoms with E-state index in [9.17, 15) is 19.8 Å². The Hall–Kier alpha value is -0.525. The van der Waals surface area contributed by atoms with Crippen molar-refractivity contribution in [3.8, 4) is 0 Å². The summed E-state index contributed by atoms with van der Waals surface area (Å²) in [6.45, 7) is -1.73. The Morgan fingerprint density at radius 2 is 0.815 bits per heavy atom. The van der Waals surface area contributed by atoms with E-state index in [0.717, 1.165) is 0 Å². The molecular weight excluding hydrogens is 569 g/mol. The number of carbonyl (C=O) groups is 2. The van der Waals surface area contributed by atoms with Crippen molar-refractivity contribution in [2.75, 3.05) is 13.2 Å². The molecule has 14 nitrogen and oxygen atoms in total. The number of rotatable bonds is 10. The van der Waals surface area contributed by atoms with Gasteiger partial charge < -0.3 is 70.9 Å². The summed E-state index contributed by atoms with van der Waals surface area (Å²) in [7, 11) is 0. The SMILES string of the molecule is O=C([O-])[C@H](O)[C@@H](O)[C@H](O)[C@H](O)CO.O=C([O-])[C@H](O)[C@@H](O)[C@H](O)[C@H](O)CO.[Hg+2]. The maximum absolute atomic E-state index is 9.98. The molecule has 0 heterocycles. The van der Waals surface area contributed by atoms with Crippen LogP contribution in [0.4, 0.5) is 0 Å². The van der Waals surface area contributed by atoms with Crippen LogP contribution in [0.2, 0.25) is 0 Å². The zero-order chi connectivity index (χ0) is 21.2. The molecule has 0 aliphatic rings. The fourth-order valence-corrected chi connectivity index (χ4v) is 1.32. The van der Waals surface area contributed by atoms with Gasteiger partial charge in [-0.25, -0.2) is 0 Å². The van der Waals surface area contributed by atoms with Crippen molar-refractivity contribution in [2.45, 2.75) is 48.8 Å². The van der Waals surface area contributed by atoms with Crippen LogP contribution in [0.1, 0.15) is 0 Å².